The van der Waals surface area contributed by atoms with E-state index in [1.165, 1.54) is 18.3 Å². The molecule has 0 spiro atoms. The molecule has 0 N–H and O–H groups in total. The Morgan fingerprint density at radius 3 is 2.76 bits per heavy atom. The summed E-state index contributed by atoms with van der Waals surface area (Å²) in [6, 6.07) is 2.91. The van der Waals surface area contributed by atoms with E-state index in [1.54, 1.807) is 0 Å². The molecule has 2 rings (SSSR count). The molecule has 1 aromatic rings. The zero-order valence-corrected chi connectivity index (χ0v) is 10.9. The van der Waals surface area contributed by atoms with Crippen molar-refractivity contribution < 1.29 is 13.2 Å². The molecule has 1 aromatic heterocycles. The molecule has 1 fully saturated rings. The van der Waals surface area contributed by atoms with Crippen molar-refractivity contribution in [2.24, 2.45) is 0 Å². The fourth-order valence-electron chi connectivity index (χ4n) is 1.74. The number of likely N-dealkylation sites (N-methyl/N-ethyl adjacent to an activating group) is 1. The van der Waals surface area contributed by atoms with Gasteiger partial charge >= 0.3 is 0 Å². The van der Waals surface area contributed by atoms with Gasteiger partial charge in [-0.15, -0.1) is 0 Å². The molecule has 0 radical (unpaired) electrons. The van der Waals surface area contributed by atoms with Crippen molar-refractivity contribution in [2.45, 2.75) is 17.4 Å². The lowest BCUT2D eigenvalue weighted by atomic mass is 10.3. The lowest BCUT2D eigenvalue weighted by molar-refractivity contribution is 0.200. The van der Waals surface area contributed by atoms with Crippen LogP contribution in [0.15, 0.2) is 23.2 Å². The van der Waals surface area contributed by atoms with Gasteiger partial charge in [-0.3, -0.25) is 0 Å². The van der Waals surface area contributed by atoms with Crippen LogP contribution < -0.4 is 4.74 Å². The number of rotatable bonds is 3. The molecule has 1 saturated heterocycles. The maximum atomic E-state index is 11.0. The summed E-state index contributed by atoms with van der Waals surface area (Å²) >= 11 is 0. The van der Waals surface area contributed by atoms with E-state index >= 15 is 0 Å². The van der Waals surface area contributed by atoms with Crippen molar-refractivity contribution in [3.05, 3.63) is 18.3 Å². The molecule has 0 amide bonds. The van der Waals surface area contributed by atoms with E-state index in [-0.39, 0.29) is 11.0 Å². The third-order valence-electron chi connectivity index (χ3n) is 2.63. The monoisotopic (exact) mass is 276 g/mol. The van der Waals surface area contributed by atoms with Gasteiger partial charge in [0.15, 0.2) is 0 Å². The van der Waals surface area contributed by atoms with Crippen LogP contribution in [0, 0.1) is 0 Å². The fourth-order valence-corrected chi connectivity index (χ4v) is 2.43. The van der Waals surface area contributed by atoms with Crippen molar-refractivity contribution in [1.29, 1.82) is 0 Å². The second kappa shape index (κ2) is 4.80. The molecular formula is C10H13ClN2O3S. The second-order valence-corrected chi connectivity index (χ2v) is 6.63. The molecule has 0 saturated carbocycles. The first-order valence-corrected chi connectivity index (χ1v) is 7.52. The van der Waals surface area contributed by atoms with E-state index in [0.717, 1.165) is 19.5 Å². The Morgan fingerprint density at radius 2 is 2.29 bits per heavy atom. The summed E-state index contributed by atoms with van der Waals surface area (Å²) in [4.78, 5) is 6.08. The molecule has 94 valence electrons. The van der Waals surface area contributed by atoms with E-state index < -0.39 is 9.05 Å². The first-order chi connectivity index (χ1) is 7.95. The number of nitrogens with zero attached hydrogens (tertiary/aromatic N) is 2. The van der Waals surface area contributed by atoms with Crippen LogP contribution in [-0.4, -0.2) is 44.5 Å². The molecule has 5 nitrogen and oxygen atoms in total. The van der Waals surface area contributed by atoms with E-state index in [0.29, 0.717) is 5.88 Å². The van der Waals surface area contributed by atoms with Crippen LogP contribution in [0.5, 0.6) is 5.88 Å². The zero-order chi connectivity index (χ0) is 12.5. The molecule has 1 atom stereocenters. The number of ether oxygens (including phenoxy) is 1. The van der Waals surface area contributed by atoms with Gasteiger partial charge < -0.3 is 9.64 Å². The van der Waals surface area contributed by atoms with Crippen molar-refractivity contribution in [2.75, 3.05) is 20.1 Å². The Morgan fingerprint density at radius 1 is 1.53 bits per heavy atom. The Bertz CT molecular complexity index is 489. The van der Waals surface area contributed by atoms with Crippen LogP contribution in [0.1, 0.15) is 6.42 Å². The lowest BCUT2D eigenvalue weighted by Crippen LogP contribution is -2.21. The number of aromatic nitrogens is 1. The fraction of sp³-hybridized carbons (Fsp3) is 0.500. The minimum absolute atomic E-state index is 0.0185. The number of hydrogen-bond acceptors (Lipinski definition) is 5. The van der Waals surface area contributed by atoms with Crippen LogP contribution in [0.2, 0.25) is 0 Å². The van der Waals surface area contributed by atoms with E-state index in [2.05, 4.69) is 9.88 Å². The Balaban J connectivity index is 2.04. The standard InChI is InChI=1S/C10H13ClN2O3S/c1-13-5-4-8(7-13)16-10-3-2-9(6-12-10)17(11,14)15/h2-3,6,8H,4-5,7H2,1H3. The van der Waals surface area contributed by atoms with Gasteiger partial charge in [0.25, 0.3) is 9.05 Å². The van der Waals surface area contributed by atoms with Crippen molar-refractivity contribution in [1.82, 2.24) is 9.88 Å². The average molecular weight is 277 g/mol. The number of halogens is 1. The summed E-state index contributed by atoms with van der Waals surface area (Å²) in [5, 5.41) is 0. The molecular weight excluding hydrogens is 264 g/mol. The molecule has 1 aliphatic rings. The summed E-state index contributed by atoms with van der Waals surface area (Å²) in [5.74, 6) is 0.425. The largest absolute Gasteiger partial charge is 0.473 e. The first-order valence-electron chi connectivity index (χ1n) is 5.21. The van der Waals surface area contributed by atoms with Gasteiger partial charge in [0.05, 0.1) is 6.20 Å². The highest BCUT2D eigenvalue weighted by Gasteiger charge is 2.21. The van der Waals surface area contributed by atoms with Gasteiger partial charge in [0, 0.05) is 29.8 Å². The molecule has 7 heteroatoms. The topological polar surface area (TPSA) is 59.5 Å². The van der Waals surface area contributed by atoms with Crippen molar-refractivity contribution >= 4 is 19.7 Å². The summed E-state index contributed by atoms with van der Waals surface area (Å²) < 4.78 is 27.6. The van der Waals surface area contributed by atoms with Gasteiger partial charge in [-0.25, -0.2) is 13.4 Å². The van der Waals surface area contributed by atoms with Crippen LogP contribution in [0.3, 0.4) is 0 Å². The van der Waals surface area contributed by atoms with E-state index in [1.807, 2.05) is 7.05 Å². The normalized spacial score (nSPS) is 21.6. The Kier molecular flexibility index (Phi) is 3.56. The third kappa shape index (κ3) is 3.31. The molecule has 0 aromatic carbocycles. The lowest BCUT2D eigenvalue weighted by Gasteiger charge is -2.12. The van der Waals surface area contributed by atoms with Crippen LogP contribution >= 0.6 is 10.7 Å². The summed E-state index contributed by atoms with van der Waals surface area (Å²) in [6.07, 6.45) is 2.27. The average Bonchev–Trinajstić information content (AvgIpc) is 2.63. The van der Waals surface area contributed by atoms with Gasteiger partial charge in [-0.05, 0) is 19.5 Å². The molecule has 1 aliphatic heterocycles. The van der Waals surface area contributed by atoms with Crippen LogP contribution in [0.25, 0.3) is 0 Å². The third-order valence-corrected chi connectivity index (χ3v) is 3.97. The highest BCUT2D eigenvalue weighted by Crippen LogP contribution is 2.19. The molecule has 0 bridgehead atoms. The number of hydrogen-bond donors (Lipinski definition) is 0. The highest BCUT2D eigenvalue weighted by molar-refractivity contribution is 8.13. The van der Waals surface area contributed by atoms with E-state index in [4.69, 9.17) is 15.4 Å². The molecule has 17 heavy (non-hydrogen) atoms. The number of likely N-dealkylation sites (tertiary alicyclic amines) is 1. The smallest absolute Gasteiger partial charge is 0.262 e. The van der Waals surface area contributed by atoms with Crippen molar-refractivity contribution in [3.8, 4) is 5.88 Å². The predicted octanol–water partition coefficient (Wildman–Crippen LogP) is 1.09. The zero-order valence-electron chi connectivity index (χ0n) is 9.34. The minimum atomic E-state index is -3.71. The van der Waals surface area contributed by atoms with Gasteiger partial charge in [-0.2, -0.15) is 0 Å². The highest BCUT2D eigenvalue weighted by atomic mass is 35.7. The van der Waals surface area contributed by atoms with Crippen LogP contribution in [0.4, 0.5) is 0 Å². The second-order valence-electron chi connectivity index (χ2n) is 4.06. The first kappa shape index (κ1) is 12.6. The molecule has 0 aliphatic carbocycles. The van der Waals surface area contributed by atoms with Gasteiger partial charge in [0.2, 0.25) is 5.88 Å². The molecule has 2 heterocycles. The van der Waals surface area contributed by atoms with Gasteiger partial charge in [0.1, 0.15) is 11.0 Å². The van der Waals surface area contributed by atoms with Crippen molar-refractivity contribution in [3.63, 3.8) is 0 Å². The summed E-state index contributed by atoms with van der Waals surface area (Å²) in [5.41, 5.74) is 0. The maximum Gasteiger partial charge on any atom is 0.262 e. The summed E-state index contributed by atoms with van der Waals surface area (Å²) in [7, 11) is 3.50. The quantitative estimate of drug-likeness (QED) is 0.774. The van der Waals surface area contributed by atoms with Gasteiger partial charge in [-0.1, -0.05) is 0 Å². The predicted molar refractivity (Wildman–Crippen MR) is 63.8 cm³/mol. The Labute approximate surface area is 105 Å². The Hall–Kier alpha value is -0.850. The van der Waals surface area contributed by atoms with E-state index in [9.17, 15) is 8.42 Å². The minimum Gasteiger partial charge on any atom is -0.473 e. The SMILES string of the molecule is CN1CCC(Oc2ccc(S(=O)(=O)Cl)cn2)C1. The number of pyridine rings is 1. The van der Waals surface area contributed by atoms with Crippen LogP contribution in [-0.2, 0) is 9.05 Å². The maximum absolute atomic E-state index is 11.0. The molecule has 1 unspecified atom stereocenters. The summed E-state index contributed by atoms with van der Waals surface area (Å²) in [6.45, 7) is 1.86.